The minimum Gasteiger partial charge on any atom is -0.327 e. The van der Waals surface area contributed by atoms with Crippen molar-refractivity contribution in [1.82, 2.24) is 4.90 Å². The van der Waals surface area contributed by atoms with Gasteiger partial charge in [-0.25, -0.2) is 0 Å². The Morgan fingerprint density at radius 3 is 2.44 bits per heavy atom. The zero-order valence-electron chi connectivity index (χ0n) is 10.8. The van der Waals surface area contributed by atoms with Gasteiger partial charge in [0.15, 0.2) is 0 Å². The number of likely N-dealkylation sites (tertiary alicyclic amines) is 1. The van der Waals surface area contributed by atoms with Crippen LogP contribution in [0.5, 0.6) is 0 Å². The van der Waals surface area contributed by atoms with Gasteiger partial charge in [-0.05, 0) is 61.9 Å². The van der Waals surface area contributed by atoms with Crippen molar-refractivity contribution >= 4 is 0 Å². The standard InChI is InChI=1S/C14H26N2/c1-13-6-5-11(9-12(13)15)14(13,2)10-16-7-3-4-8-16/h11-12H,3-10,15H2,1-2H3/t11?,12-,13?,14?/m0/s1. The second-order valence-electron chi connectivity index (χ2n) is 6.90. The van der Waals surface area contributed by atoms with Crippen molar-refractivity contribution in [3.8, 4) is 0 Å². The molecule has 0 amide bonds. The van der Waals surface area contributed by atoms with Crippen LogP contribution in [0.2, 0.25) is 0 Å². The summed E-state index contributed by atoms with van der Waals surface area (Å²) in [5.41, 5.74) is 7.30. The highest BCUT2D eigenvalue weighted by molar-refractivity contribution is 5.14. The molecule has 2 bridgehead atoms. The summed E-state index contributed by atoms with van der Waals surface area (Å²) >= 11 is 0. The predicted molar refractivity (Wildman–Crippen MR) is 67.2 cm³/mol. The highest BCUT2D eigenvalue weighted by Gasteiger charge is 2.62. The molecule has 3 rings (SSSR count). The molecule has 2 heteroatoms. The Hall–Kier alpha value is -0.0800. The van der Waals surface area contributed by atoms with E-state index in [1.807, 2.05) is 0 Å². The van der Waals surface area contributed by atoms with E-state index < -0.39 is 0 Å². The SMILES string of the molecule is CC1(CN2CCCC2)C2CCC1(C)[C@@H](N)C2. The normalized spacial score (nSPS) is 52.7. The Morgan fingerprint density at radius 2 is 1.94 bits per heavy atom. The van der Waals surface area contributed by atoms with E-state index in [1.165, 1.54) is 51.7 Å². The van der Waals surface area contributed by atoms with Gasteiger partial charge in [0.2, 0.25) is 0 Å². The maximum Gasteiger partial charge on any atom is 0.0102 e. The third kappa shape index (κ3) is 1.26. The van der Waals surface area contributed by atoms with Crippen LogP contribution in [-0.4, -0.2) is 30.6 Å². The molecule has 92 valence electrons. The van der Waals surface area contributed by atoms with Crippen molar-refractivity contribution in [2.24, 2.45) is 22.5 Å². The quantitative estimate of drug-likeness (QED) is 0.776. The van der Waals surface area contributed by atoms with E-state index in [9.17, 15) is 0 Å². The Morgan fingerprint density at radius 1 is 1.25 bits per heavy atom. The highest BCUT2D eigenvalue weighted by Crippen LogP contribution is 2.65. The average Bonchev–Trinajstić information content (AvgIpc) is 2.85. The molecular weight excluding hydrogens is 196 g/mol. The minimum absolute atomic E-state index is 0.417. The Balaban J connectivity index is 1.81. The largest absolute Gasteiger partial charge is 0.327 e. The van der Waals surface area contributed by atoms with Crippen molar-refractivity contribution < 1.29 is 0 Å². The Labute approximate surface area is 99.6 Å². The van der Waals surface area contributed by atoms with Crippen LogP contribution < -0.4 is 5.73 Å². The van der Waals surface area contributed by atoms with Gasteiger partial charge in [0.25, 0.3) is 0 Å². The smallest absolute Gasteiger partial charge is 0.0102 e. The molecule has 0 aromatic rings. The molecule has 1 aliphatic heterocycles. The molecule has 2 N–H and O–H groups in total. The lowest BCUT2D eigenvalue weighted by Crippen LogP contribution is -2.47. The van der Waals surface area contributed by atoms with Crippen LogP contribution in [-0.2, 0) is 0 Å². The summed E-state index contributed by atoms with van der Waals surface area (Å²) < 4.78 is 0. The van der Waals surface area contributed by atoms with Crippen molar-refractivity contribution in [2.45, 2.75) is 52.0 Å². The van der Waals surface area contributed by atoms with E-state index in [2.05, 4.69) is 18.7 Å². The predicted octanol–water partition coefficient (Wildman–Crippen LogP) is 2.24. The molecule has 16 heavy (non-hydrogen) atoms. The molecule has 1 saturated heterocycles. The fourth-order valence-electron chi connectivity index (χ4n) is 4.81. The lowest BCUT2D eigenvalue weighted by Gasteiger charge is -2.42. The second-order valence-corrected chi connectivity index (χ2v) is 6.90. The van der Waals surface area contributed by atoms with Crippen LogP contribution in [0.1, 0.15) is 46.0 Å². The number of hydrogen-bond donors (Lipinski definition) is 1. The Bertz CT molecular complexity index is 284. The first kappa shape index (κ1) is 11.0. The van der Waals surface area contributed by atoms with Crippen LogP contribution >= 0.6 is 0 Å². The van der Waals surface area contributed by atoms with Crippen molar-refractivity contribution in [3.63, 3.8) is 0 Å². The lowest BCUT2D eigenvalue weighted by molar-refractivity contribution is 0.0676. The number of nitrogens with two attached hydrogens (primary N) is 1. The zero-order chi connectivity index (χ0) is 11.4. The summed E-state index contributed by atoms with van der Waals surface area (Å²) in [6.07, 6.45) is 6.88. The number of fused-ring (bicyclic) bond motifs is 2. The first-order valence-corrected chi connectivity index (χ1v) is 7.04. The molecule has 2 aliphatic carbocycles. The van der Waals surface area contributed by atoms with Gasteiger partial charge in [0.1, 0.15) is 0 Å². The van der Waals surface area contributed by atoms with Crippen LogP contribution in [0.25, 0.3) is 0 Å². The zero-order valence-corrected chi connectivity index (χ0v) is 10.8. The molecule has 4 atom stereocenters. The van der Waals surface area contributed by atoms with Gasteiger partial charge in [0.05, 0.1) is 0 Å². The van der Waals surface area contributed by atoms with E-state index in [-0.39, 0.29) is 0 Å². The van der Waals surface area contributed by atoms with Crippen LogP contribution in [0.15, 0.2) is 0 Å². The number of hydrogen-bond acceptors (Lipinski definition) is 2. The topological polar surface area (TPSA) is 29.3 Å². The van der Waals surface area contributed by atoms with Gasteiger partial charge in [-0.2, -0.15) is 0 Å². The van der Waals surface area contributed by atoms with Gasteiger partial charge in [0, 0.05) is 12.6 Å². The van der Waals surface area contributed by atoms with E-state index in [1.54, 1.807) is 0 Å². The molecule has 0 aromatic heterocycles. The molecule has 2 nitrogen and oxygen atoms in total. The number of rotatable bonds is 2. The molecule has 3 unspecified atom stereocenters. The monoisotopic (exact) mass is 222 g/mol. The molecule has 0 aromatic carbocycles. The lowest BCUT2D eigenvalue weighted by atomic mass is 9.67. The molecule has 3 aliphatic rings. The van der Waals surface area contributed by atoms with Crippen LogP contribution in [0.3, 0.4) is 0 Å². The maximum atomic E-state index is 6.39. The molecule has 3 fully saturated rings. The van der Waals surface area contributed by atoms with E-state index >= 15 is 0 Å². The Kier molecular flexibility index (Phi) is 2.38. The summed E-state index contributed by atoms with van der Waals surface area (Å²) in [6.45, 7) is 8.94. The van der Waals surface area contributed by atoms with Gasteiger partial charge in [-0.15, -0.1) is 0 Å². The molecule has 2 saturated carbocycles. The third-order valence-corrected chi connectivity index (χ3v) is 6.33. The van der Waals surface area contributed by atoms with Crippen LogP contribution in [0.4, 0.5) is 0 Å². The molecule has 0 radical (unpaired) electrons. The third-order valence-electron chi connectivity index (χ3n) is 6.33. The molecular formula is C14H26N2. The first-order chi connectivity index (χ1) is 7.56. The molecule has 1 heterocycles. The summed E-state index contributed by atoms with van der Waals surface area (Å²) in [7, 11) is 0. The fourth-order valence-corrected chi connectivity index (χ4v) is 4.81. The first-order valence-electron chi connectivity index (χ1n) is 7.04. The number of nitrogens with zero attached hydrogens (tertiary/aromatic N) is 1. The van der Waals surface area contributed by atoms with E-state index in [0.29, 0.717) is 16.9 Å². The maximum absolute atomic E-state index is 6.39. The minimum atomic E-state index is 0.417. The highest BCUT2D eigenvalue weighted by atomic mass is 15.2. The van der Waals surface area contributed by atoms with Gasteiger partial charge >= 0.3 is 0 Å². The molecule has 0 spiro atoms. The van der Waals surface area contributed by atoms with Crippen molar-refractivity contribution in [3.05, 3.63) is 0 Å². The van der Waals surface area contributed by atoms with E-state index in [4.69, 9.17) is 5.73 Å². The van der Waals surface area contributed by atoms with Crippen molar-refractivity contribution in [2.75, 3.05) is 19.6 Å². The summed E-state index contributed by atoms with van der Waals surface area (Å²) in [4.78, 5) is 2.69. The summed E-state index contributed by atoms with van der Waals surface area (Å²) in [5, 5.41) is 0. The van der Waals surface area contributed by atoms with Gasteiger partial charge in [-0.1, -0.05) is 13.8 Å². The summed E-state index contributed by atoms with van der Waals surface area (Å²) in [5.74, 6) is 0.896. The second kappa shape index (κ2) is 3.46. The van der Waals surface area contributed by atoms with Crippen LogP contribution in [0, 0.1) is 16.7 Å². The average molecular weight is 222 g/mol. The van der Waals surface area contributed by atoms with E-state index in [0.717, 1.165) is 5.92 Å². The summed E-state index contributed by atoms with van der Waals surface area (Å²) in [6, 6.07) is 0.457. The fraction of sp³-hybridized carbons (Fsp3) is 1.00. The van der Waals surface area contributed by atoms with Gasteiger partial charge in [-0.3, -0.25) is 0 Å². The van der Waals surface area contributed by atoms with Crippen molar-refractivity contribution in [1.29, 1.82) is 0 Å². The van der Waals surface area contributed by atoms with Gasteiger partial charge < -0.3 is 10.6 Å².